The Morgan fingerprint density at radius 3 is 2.19 bits per heavy atom. The van der Waals surface area contributed by atoms with Crippen LogP contribution in [0.5, 0.6) is 0 Å². The number of anilines is 2. The fourth-order valence-corrected chi connectivity index (χ4v) is 4.38. The van der Waals surface area contributed by atoms with Crippen LogP contribution < -0.4 is 9.96 Å². The zero-order valence-corrected chi connectivity index (χ0v) is 17.1. The second kappa shape index (κ2) is 7.58. The third kappa shape index (κ3) is 3.04. The maximum Gasteiger partial charge on any atom is 0.274 e. The number of para-hydroxylation sites is 2. The van der Waals surface area contributed by atoms with Gasteiger partial charge in [0.05, 0.1) is 21.9 Å². The van der Waals surface area contributed by atoms with E-state index in [2.05, 4.69) is 0 Å². The van der Waals surface area contributed by atoms with Crippen LogP contribution in [0.15, 0.2) is 78.9 Å². The van der Waals surface area contributed by atoms with Crippen molar-refractivity contribution in [3.63, 3.8) is 0 Å². The smallest absolute Gasteiger partial charge is 0.273 e. The number of nitro benzene ring substituents is 1. The molecule has 0 N–H and O–H groups in total. The van der Waals surface area contributed by atoms with Gasteiger partial charge in [0.25, 0.3) is 11.6 Å². The normalized spacial score (nSPS) is 22.3. The number of carbonyl (C=O) groups is 2. The first-order chi connectivity index (χ1) is 15.5. The van der Waals surface area contributed by atoms with Gasteiger partial charge in [0.1, 0.15) is 12.0 Å². The molecular formula is C24H19N3O5. The Hall–Kier alpha value is -4.04. The summed E-state index contributed by atoms with van der Waals surface area (Å²) in [6.45, 7) is 1.91. The Bertz CT molecular complexity index is 1210. The van der Waals surface area contributed by atoms with Gasteiger partial charge < -0.3 is 0 Å². The summed E-state index contributed by atoms with van der Waals surface area (Å²) >= 11 is 0. The van der Waals surface area contributed by atoms with E-state index < -0.39 is 34.8 Å². The highest BCUT2D eigenvalue weighted by Gasteiger charge is 2.61. The summed E-state index contributed by atoms with van der Waals surface area (Å²) in [6.07, 6.45) is -1.08. The zero-order chi connectivity index (χ0) is 22.4. The molecule has 0 bridgehead atoms. The number of nitro groups is 1. The van der Waals surface area contributed by atoms with E-state index in [1.54, 1.807) is 54.6 Å². The number of rotatable bonds is 4. The first-order valence-electron chi connectivity index (χ1n) is 10.2. The monoisotopic (exact) mass is 429 g/mol. The minimum absolute atomic E-state index is 0.128. The van der Waals surface area contributed by atoms with E-state index in [-0.39, 0.29) is 5.69 Å². The summed E-state index contributed by atoms with van der Waals surface area (Å²) in [5.74, 6) is -1.85. The number of amides is 2. The highest BCUT2D eigenvalue weighted by atomic mass is 16.7. The molecular weight excluding hydrogens is 410 g/mol. The van der Waals surface area contributed by atoms with Crippen molar-refractivity contribution in [1.29, 1.82) is 0 Å². The molecule has 0 saturated carbocycles. The number of imide groups is 1. The van der Waals surface area contributed by atoms with Gasteiger partial charge in [-0.2, -0.15) is 0 Å². The number of benzene rings is 3. The maximum absolute atomic E-state index is 13.6. The van der Waals surface area contributed by atoms with E-state index >= 15 is 0 Å². The molecule has 8 heteroatoms. The van der Waals surface area contributed by atoms with E-state index in [9.17, 15) is 19.7 Å². The second-order valence-electron chi connectivity index (χ2n) is 7.82. The number of aryl methyl sites for hydroxylation is 1. The van der Waals surface area contributed by atoms with E-state index in [1.165, 1.54) is 11.1 Å². The molecule has 2 aliphatic rings. The molecule has 2 amide bonds. The lowest BCUT2D eigenvalue weighted by molar-refractivity contribution is -0.385. The summed E-state index contributed by atoms with van der Waals surface area (Å²) in [7, 11) is 0. The molecule has 160 valence electrons. The van der Waals surface area contributed by atoms with Crippen LogP contribution in [-0.4, -0.2) is 22.8 Å². The SMILES string of the molecule is Cc1ccc(N2C(=O)[C@@H]3[C@H](ON(c4ccccc4)[C@H]3c3ccccc3[N+](=O)[O-])C2=O)cc1. The molecule has 2 aliphatic heterocycles. The summed E-state index contributed by atoms with van der Waals surface area (Å²) in [4.78, 5) is 45.3. The lowest BCUT2D eigenvalue weighted by Gasteiger charge is -2.28. The van der Waals surface area contributed by atoms with E-state index in [0.717, 1.165) is 10.5 Å². The van der Waals surface area contributed by atoms with Crippen LogP contribution in [-0.2, 0) is 14.4 Å². The largest absolute Gasteiger partial charge is 0.274 e. The van der Waals surface area contributed by atoms with Crippen LogP contribution in [0.2, 0.25) is 0 Å². The van der Waals surface area contributed by atoms with Crippen molar-refractivity contribution in [1.82, 2.24) is 0 Å². The maximum atomic E-state index is 13.6. The third-order valence-electron chi connectivity index (χ3n) is 5.87. The van der Waals surface area contributed by atoms with Crippen LogP contribution in [0.4, 0.5) is 17.1 Å². The highest BCUT2D eigenvalue weighted by molar-refractivity contribution is 6.24. The van der Waals surface area contributed by atoms with Crippen molar-refractivity contribution in [3.05, 3.63) is 100 Å². The number of hydrogen-bond donors (Lipinski definition) is 0. The lowest BCUT2D eigenvalue weighted by atomic mass is 9.89. The molecule has 3 atom stereocenters. The number of hydrogen-bond acceptors (Lipinski definition) is 6. The average Bonchev–Trinajstić information content (AvgIpc) is 3.31. The van der Waals surface area contributed by atoms with Crippen LogP contribution in [0.1, 0.15) is 17.2 Å². The number of hydroxylamine groups is 1. The number of fused-ring (bicyclic) bond motifs is 1. The van der Waals surface area contributed by atoms with Gasteiger partial charge in [0.15, 0.2) is 6.10 Å². The molecule has 32 heavy (non-hydrogen) atoms. The summed E-state index contributed by atoms with van der Waals surface area (Å²) in [6, 6.07) is 21.4. The van der Waals surface area contributed by atoms with Gasteiger partial charge >= 0.3 is 0 Å². The molecule has 2 saturated heterocycles. The first-order valence-corrected chi connectivity index (χ1v) is 10.2. The molecule has 5 rings (SSSR count). The summed E-state index contributed by atoms with van der Waals surface area (Å²) < 4.78 is 0. The van der Waals surface area contributed by atoms with Gasteiger partial charge in [-0.15, -0.1) is 0 Å². The number of nitrogens with zero attached hydrogens (tertiary/aromatic N) is 3. The van der Waals surface area contributed by atoms with Crippen molar-refractivity contribution in [2.24, 2.45) is 5.92 Å². The van der Waals surface area contributed by atoms with Gasteiger partial charge in [0, 0.05) is 6.07 Å². The molecule has 3 aromatic carbocycles. The summed E-state index contributed by atoms with van der Waals surface area (Å²) in [5.41, 5.74) is 2.25. The van der Waals surface area contributed by atoms with Crippen LogP contribution >= 0.6 is 0 Å². The van der Waals surface area contributed by atoms with Gasteiger partial charge in [-0.3, -0.25) is 24.5 Å². The molecule has 0 radical (unpaired) electrons. The Kier molecular flexibility index (Phi) is 4.71. The van der Waals surface area contributed by atoms with Gasteiger partial charge in [-0.1, -0.05) is 48.0 Å². The van der Waals surface area contributed by atoms with Crippen molar-refractivity contribution in [3.8, 4) is 0 Å². The third-order valence-corrected chi connectivity index (χ3v) is 5.87. The molecule has 2 heterocycles. The predicted molar refractivity (Wildman–Crippen MR) is 117 cm³/mol. The Morgan fingerprint density at radius 2 is 1.50 bits per heavy atom. The minimum atomic E-state index is -1.08. The van der Waals surface area contributed by atoms with Gasteiger partial charge in [-0.05, 0) is 37.3 Å². The molecule has 0 aromatic heterocycles. The first kappa shape index (κ1) is 19.9. The van der Waals surface area contributed by atoms with Gasteiger partial charge in [-0.25, -0.2) is 9.96 Å². The fourth-order valence-electron chi connectivity index (χ4n) is 4.38. The Balaban J connectivity index is 1.63. The van der Waals surface area contributed by atoms with Crippen LogP contribution in [0.25, 0.3) is 0 Å². The highest BCUT2D eigenvalue weighted by Crippen LogP contribution is 2.49. The molecule has 0 unspecified atom stereocenters. The zero-order valence-electron chi connectivity index (χ0n) is 17.1. The van der Waals surface area contributed by atoms with Crippen LogP contribution in [0, 0.1) is 23.0 Å². The molecule has 8 nitrogen and oxygen atoms in total. The van der Waals surface area contributed by atoms with E-state index in [4.69, 9.17) is 4.84 Å². The molecule has 0 spiro atoms. The quantitative estimate of drug-likeness (QED) is 0.354. The predicted octanol–water partition coefficient (Wildman–Crippen LogP) is 3.95. The Morgan fingerprint density at radius 1 is 0.844 bits per heavy atom. The number of carbonyl (C=O) groups excluding carboxylic acids is 2. The van der Waals surface area contributed by atoms with Crippen molar-refractivity contribution >= 4 is 28.9 Å². The minimum Gasteiger partial charge on any atom is -0.273 e. The van der Waals surface area contributed by atoms with Crippen molar-refractivity contribution in [2.45, 2.75) is 19.1 Å². The van der Waals surface area contributed by atoms with Gasteiger partial charge in [0.2, 0.25) is 5.91 Å². The molecule has 3 aromatic rings. The van der Waals surface area contributed by atoms with Crippen LogP contribution in [0.3, 0.4) is 0 Å². The standard InChI is InChI=1S/C24H19N3O5/c1-15-11-13-16(14-12-15)25-23(28)20-21(18-9-5-6-10-19(18)27(30)31)26(32-22(20)24(25)29)17-7-3-2-4-8-17/h2-14,20-22H,1H3/t20-,21-,22-/m0/s1. The summed E-state index contributed by atoms with van der Waals surface area (Å²) in [5, 5.41) is 13.2. The second-order valence-corrected chi connectivity index (χ2v) is 7.82. The average molecular weight is 429 g/mol. The topological polar surface area (TPSA) is 93.0 Å². The van der Waals surface area contributed by atoms with E-state index in [0.29, 0.717) is 16.9 Å². The molecule has 2 fully saturated rings. The van der Waals surface area contributed by atoms with Crippen molar-refractivity contribution in [2.75, 3.05) is 9.96 Å². The fraction of sp³-hybridized carbons (Fsp3) is 0.167. The lowest BCUT2D eigenvalue weighted by Crippen LogP contribution is -2.37. The Labute approximate surface area is 183 Å². The van der Waals surface area contributed by atoms with E-state index in [1.807, 2.05) is 25.1 Å². The molecule has 0 aliphatic carbocycles. The van der Waals surface area contributed by atoms with Crippen molar-refractivity contribution < 1.29 is 19.3 Å².